The van der Waals surface area contributed by atoms with Crippen LogP contribution in [0.5, 0.6) is 0 Å². The van der Waals surface area contributed by atoms with Gasteiger partial charge in [0.2, 0.25) is 0 Å². The first-order chi connectivity index (χ1) is 13.4. The lowest BCUT2D eigenvalue weighted by Gasteiger charge is -2.40. The van der Waals surface area contributed by atoms with Gasteiger partial charge in [0.15, 0.2) is 0 Å². The molecule has 10 nitrogen and oxygen atoms in total. The van der Waals surface area contributed by atoms with Crippen LogP contribution in [-0.2, 0) is 25.7 Å². The van der Waals surface area contributed by atoms with Crippen molar-refractivity contribution in [3.63, 3.8) is 0 Å². The van der Waals surface area contributed by atoms with Crippen molar-refractivity contribution in [2.24, 2.45) is 5.11 Å². The molecule has 0 radical (unpaired) electrons. The molecule has 10 heteroatoms. The molecule has 0 bridgehead atoms. The fourth-order valence-corrected chi connectivity index (χ4v) is 3.91. The van der Waals surface area contributed by atoms with Crippen molar-refractivity contribution >= 4 is 17.8 Å². The second kappa shape index (κ2) is 7.87. The van der Waals surface area contributed by atoms with Crippen LogP contribution in [-0.4, -0.2) is 58.7 Å². The molecule has 0 aromatic heterocycles. The van der Waals surface area contributed by atoms with Crippen molar-refractivity contribution in [1.82, 2.24) is 4.90 Å². The highest BCUT2D eigenvalue weighted by atomic mass is 16.6. The van der Waals surface area contributed by atoms with E-state index in [9.17, 15) is 19.5 Å². The summed E-state index contributed by atoms with van der Waals surface area (Å²) >= 11 is 0. The highest BCUT2D eigenvalue weighted by Crippen LogP contribution is 2.44. The number of hydrogen-bond donors (Lipinski definition) is 1. The van der Waals surface area contributed by atoms with E-state index in [0.29, 0.717) is 0 Å². The van der Waals surface area contributed by atoms with E-state index in [2.05, 4.69) is 10.0 Å². The first kappa shape index (κ1) is 19.7. The van der Waals surface area contributed by atoms with Crippen LogP contribution in [0.1, 0.15) is 24.8 Å². The zero-order chi connectivity index (χ0) is 20.3. The van der Waals surface area contributed by atoms with Crippen molar-refractivity contribution in [1.29, 1.82) is 0 Å². The minimum absolute atomic E-state index is 0.0388. The monoisotopic (exact) mass is 388 g/mol. The molecule has 28 heavy (non-hydrogen) atoms. The van der Waals surface area contributed by atoms with E-state index in [1.807, 2.05) is 6.07 Å². The summed E-state index contributed by atoms with van der Waals surface area (Å²) in [6.07, 6.45) is -1.38. The summed E-state index contributed by atoms with van der Waals surface area (Å²) in [6, 6.07) is 5.67. The number of ketones is 1. The fraction of sp³-hybridized carbons (Fsp3) is 0.500. The highest BCUT2D eigenvalue weighted by molar-refractivity contribution is 5.86. The number of aliphatic hydroxyl groups is 1. The van der Waals surface area contributed by atoms with E-state index < -0.39 is 35.8 Å². The van der Waals surface area contributed by atoms with Crippen LogP contribution in [0.15, 0.2) is 35.4 Å². The van der Waals surface area contributed by atoms with Gasteiger partial charge >= 0.3 is 12.1 Å². The van der Waals surface area contributed by atoms with Gasteiger partial charge in [0.1, 0.15) is 18.4 Å². The van der Waals surface area contributed by atoms with E-state index in [1.54, 1.807) is 24.3 Å². The van der Waals surface area contributed by atoms with Gasteiger partial charge in [-0.3, -0.25) is 9.69 Å². The van der Waals surface area contributed by atoms with Crippen LogP contribution in [0, 0.1) is 0 Å². The molecule has 4 atom stereocenters. The van der Waals surface area contributed by atoms with Crippen LogP contribution in [0.2, 0.25) is 0 Å². The second-order valence-corrected chi connectivity index (χ2v) is 6.87. The van der Waals surface area contributed by atoms with Gasteiger partial charge in [-0.1, -0.05) is 35.4 Å². The third kappa shape index (κ3) is 3.51. The normalized spacial score (nSPS) is 28.9. The quantitative estimate of drug-likeness (QED) is 0.360. The molecule has 1 aliphatic carbocycles. The van der Waals surface area contributed by atoms with Crippen LogP contribution in [0.25, 0.3) is 10.4 Å². The molecule has 1 aromatic rings. The van der Waals surface area contributed by atoms with Gasteiger partial charge in [0.05, 0.1) is 24.8 Å². The molecular formula is C18H20N4O6. The zero-order valence-corrected chi connectivity index (χ0v) is 15.2. The van der Waals surface area contributed by atoms with E-state index >= 15 is 0 Å². The topological polar surface area (TPSA) is 142 Å². The molecule has 1 saturated heterocycles. The Kier molecular flexibility index (Phi) is 5.53. The molecule has 2 fully saturated rings. The number of benzene rings is 1. The minimum Gasteiger partial charge on any atom is -0.467 e. The summed E-state index contributed by atoms with van der Waals surface area (Å²) in [5.74, 6) is -1.02. The molecule has 1 saturated carbocycles. The van der Waals surface area contributed by atoms with Crippen molar-refractivity contribution in [3.05, 3.63) is 46.3 Å². The van der Waals surface area contributed by atoms with Crippen LogP contribution < -0.4 is 0 Å². The Morgan fingerprint density at radius 2 is 2.07 bits per heavy atom. The maximum absolute atomic E-state index is 12.8. The van der Waals surface area contributed by atoms with Crippen molar-refractivity contribution in [3.8, 4) is 0 Å². The molecular weight excluding hydrogens is 368 g/mol. The van der Waals surface area contributed by atoms with Gasteiger partial charge in [-0.2, -0.15) is 0 Å². The summed E-state index contributed by atoms with van der Waals surface area (Å²) in [4.78, 5) is 40.9. The molecule has 1 N–H and O–H groups in total. The molecule has 2 aliphatic rings. The fourth-order valence-electron chi connectivity index (χ4n) is 3.91. The van der Waals surface area contributed by atoms with E-state index in [-0.39, 0.29) is 31.7 Å². The first-order valence-electron chi connectivity index (χ1n) is 8.76. The molecule has 1 aliphatic heterocycles. The number of esters is 1. The summed E-state index contributed by atoms with van der Waals surface area (Å²) in [6.45, 7) is -0.0388. The van der Waals surface area contributed by atoms with Crippen LogP contribution >= 0.6 is 0 Å². The number of hydrogen-bond acceptors (Lipinski definition) is 7. The molecule has 1 aromatic carbocycles. The van der Waals surface area contributed by atoms with E-state index in [1.165, 1.54) is 0 Å². The predicted molar refractivity (Wildman–Crippen MR) is 94.8 cm³/mol. The molecule has 0 spiro atoms. The Labute approximate surface area is 160 Å². The molecule has 1 amide bonds. The van der Waals surface area contributed by atoms with Crippen molar-refractivity contribution in [2.45, 2.75) is 49.6 Å². The number of Topliss-reactive ketones (excluding diaryl/α,β-unsaturated/α-hetero) is 1. The maximum Gasteiger partial charge on any atom is 0.411 e. The maximum atomic E-state index is 12.8. The number of likely N-dealkylation sites (tertiary alicyclic amines) is 1. The SMILES string of the molecule is COC(=O)[C@@H]1C[C@@]2(O)[C@@H](N=[N+]=[N-])CC(=O)C[C@H]2N1C(=O)OCc1ccccc1. The molecule has 148 valence electrons. The van der Waals surface area contributed by atoms with Crippen LogP contribution in [0.3, 0.4) is 0 Å². The molecule has 0 unspecified atom stereocenters. The minimum atomic E-state index is -1.72. The third-order valence-corrected chi connectivity index (χ3v) is 5.27. The Bertz CT molecular complexity index is 825. The third-order valence-electron chi connectivity index (χ3n) is 5.27. The number of amides is 1. The van der Waals surface area contributed by atoms with Gasteiger partial charge < -0.3 is 14.6 Å². The number of nitrogens with zero attached hydrogens (tertiary/aromatic N) is 4. The van der Waals surface area contributed by atoms with Gasteiger partial charge in [-0.15, -0.1) is 0 Å². The smallest absolute Gasteiger partial charge is 0.411 e. The second-order valence-electron chi connectivity index (χ2n) is 6.87. The Hall–Kier alpha value is -3.10. The first-order valence-corrected chi connectivity index (χ1v) is 8.76. The lowest BCUT2D eigenvalue weighted by atomic mass is 9.76. The van der Waals surface area contributed by atoms with Gasteiger partial charge in [0.25, 0.3) is 0 Å². The van der Waals surface area contributed by atoms with Crippen molar-refractivity contribution in [2.75, 3.05) is 7.11 Å². The summed E-state index contributed by atoms with van der Waals surface area (Å²) in [5.41, 5.74) is 7.81. The predicted octanol–water partition coefficient (Wildman–Crippen LogP) is 1.71. The average molecular weight is 388 g/mol. The Morgan fingerprint density at radius 3 is 2.71 bits per heavy atom. The summed E-state index contributed by atoms with van der Waals surface area (Å²) < 4.78 is 10.1. The molecule has 1 heterocycles. The Balaban J connectivity index is 1.89. The van der Waals surface area contributed by atoms with Crippen LogP contribution in [0.4, 0.5) is 4.79 Å². The van der Waals surface area contributed by atoms with Gasteiger partial charge in [-0.25, -0.2) is 9.59 Å². The van der Waals surface area contributed by atoms with Crippen molar-refractivity contribution < 1.29 is 29.0 Å². The van der Waals surface area contributed by atoms with Gasteiger partial charge in [-0.05, 0) is 11.1 Å². The highest BCUT2D eigenvalue weighted by Gasteiger charge is 2.62. The lowest BCUT2D eigenvalue weighted by molar-refractivity contribution is -0.146. The number of carbonyl (C=O) groups excluding carboxylic acids is 3. The summed E-state index contributed by atoms with van der Waals surface area (Å²) in [7, 11) is 1.16. The number of carbonyl (C=O) groups is 3. The average Bonchev–Trinajstić information content (AvgIpc) is 3.00. The Morgan fingerprint density at radius 1 is 1.36 bits per heavy atom. The number of rotatable bonds is 4. The van der Waals surface area contributed by atoms with E-state index in [0.717, 1.165) is 17.6 Å². The molecule has 3 rings (SSSR count). The number of methoxy groups -OCH3 is 1. The van der Waals surface area contributed by atoms with E-state index in [4.69, 9.17) is 15.0 Å². The summed E-state index contributed by atoms with van der Waals surface area (Å²) in [5, 5.41) is 14.7. The standard InChI is InChI=1S/C18H20N4O6/c1-27-16(24)13-9-18(26)14(20-21-19)7-12(23)8-15(18)22(13)17(25)28-10-11-5-3-2-4-6-11/h2-6,13-15,26H,7-10H2,1H3/t13-,14-,15+,18+/m0/s1. The number of fused-ring (bicyclic) bond motifs is 1. The largest absolute Gasteiger partial charge is 0.467 e. The number of ether oxygens (including phenoxy) is 2. The lowest BCUT2D eigenvalue weighted by Crippen LogP contribution is -2.58. The van der Waals surface area contributed by atoms with Gasteiger partial charge in [0, 0.05) is 24.2 Å². The number of azide groups is 1. The zero-order valence-electron chi connectivity index (χ0n) is 15.2.